The number of aromatic nitrogens is 1. The largest absolute Gasteiger partial charge is 0.383 e. The van der Waals surface area contributed by atoms with Gasteiger partial charge in [0.15, 0.2) is 11.7 Å². The SMILES string of the molecule is COCCn1cc(C(=O)C(C#N)C(=O)NC(C)C)c2ccccc21. The number of methoxy groups -OCH3 is 1. The number of hydrogen-bond donors (Lipinski definition) is 1. The number of Topliss-reactive ketones (excluding diaryl/α,β-unsaturated/α-hetero) is 1. The first kappa shape index (κ1) is 17.7. The van der Waals surface area contributed by atoms with E-state index in [1.807, 2.05) is 34.9 Å². The first-order valence-corrected chi connectivity index (χ1v) is 7.80. The molecule has 2 aromatic rings. The number of rotatable bonds is 7. The van der Waals surface area contributed by atoms with Crippen molar-refractivity contribution in [3.63, 3.8) is 0 Å². The summed E-state index contributed by atoms with van der Waals surface area (Å²) in [5.41, 5.74) is 1.26. The molecule has 126 valence electrons. The minimum absolute atomic E-state index is 0.135. The number of carbonyl (C=O) groups is 2. The summed E-state index contributed by atoms with van der Waals surface area (Å²) in [5, 5.41) is 12.7. The average Bonchev–Trinajstić information content (AvgIpc) is 2.91. The number of nitrogens with zero attached hydrogens (tertiary/aromatic N) is 2. The van der Waals surface area contributed by atoms with E-state index in [-0.39, 0.29) is 6.04 Å². The zero-order valence-electron chi connectivity index (χ0n) is 14.1. The standard InChI is InChI=1S/C18H21N3O3/c1-12(2)20-18(23)14(10-19)17(22)15-11-21(8-9-24-3)16-7-5-4-6-13(15)16/h4-7,11-12,14H,8-9H2,1-3H3,(H,20,23). The lowest BCUT2D eigenvalue weighted by Crippen LogP contribution is -2.38. The molecule has 1 N–H and O–H groups in total. The van der Waals surface area contributed by atoms with Crippen LogP contribution in [0.2, 0.25) is 0 Å². The van der Waals surface area contributed by atoms with Gasteiger partial charge >= 0.3 is 0 Å². The van der Waals surface area contributed by atoms with Crippen molar-refractivity contribution in [2.75, 3.05) is 13.7 Å². The molecule has 24 heavy (non-hydrogen) atoms. The van der Waals surface area contributed by atoms with Gasteiger partial charge in [0, 0.05) is 42.4 Å². The molecule has 0 saturated heterocycles. The number of benzene rings is 1. The van der Waals surface area contributed by atoms with Crippen LogP contribution >= 0.6 is 0 Å². The summed E-state index contributed by atoms with van der Waals surface area (Å²) in [5.74, 6) is -2.40. The van der Waals surface area contributed by atoms with Crippen molar-refractivity contribution in [2.45, 2.75) is 26.4 Å². The molecule has 1 unspecified atom stereocenters. The topological polar surface area (TPSA) is 84.1 Å². The fourth-order valence-corrected chi connectivity index (χ4v) is 2.58. The van der Waals surface area contributed by atoms with E-state index in [1.165, 1.54) is 0 Å². The molecular formula is C18H21N3O3. The monoisotopic (exact) mass is 327 g/mol. The van der Waals surface area contributed by atoms with Gasteiger partial charge in [-0.05, 0) is 19.9 Å². The van der Waals surface area contributed by atoms with E-state index in [0.717, 1.165) is 10.9 Å². The molecule has 2 rings (SSSR count). The summed E-state index contributed by atoms with van der Waals surface area (Å²) in [6, 6.07) is 9.12. The Bertz CT molecular complexity index is 786. The maximum atomic E-state index is 12.8. The second kappa shape index (κ2) is 7.75. The lowest BCUT2D eigenvalue weighted by atomic mass is 9.97. The van der Waals surface area contributed by atoms with E-state index in [0.29, 0.717) is 18.7 Å². The van der Waals surface area contributed by atoms with Crippen molar-refractivity contribution in [3.8, 4) is 6.07 Å². The number of ether oxygens (including phenoxy) is 1. The van der Waals surface area contributed by atoms with Crippen molar-refractivity contribution in [2.24, 2.45) is 5.92 Å². The van der Waals surface area contributed by atoms with Crippen LogP contribution in [0.5, 0.6) is 0 Å². The number of hydrogen-bond acceptors (Lipinski definition) is 4. The summed E-state index contributed by atoms with van der Waals surface area (Å²) in [6.45, 7) is 4.66. The van der Waals surface area contributed by atoms with Gasteiger partial charge in [-0.15, -0.1) is 0 Å². The first-order chi connectivity index (χ1) is 11.5. The minimum Gasteiger partial charge on any atom is -0.383 e. The highest BCUT2D eigenvalue weighted by molar-refractivity contribution is 6.17. The number of carbonyl (C=O) groups excluding carboxylic acids is 2. The van der Waals surface area contributed by atoms with Crippen molar-refractivity contribution in [1.29, 1.82) is 5.26 Å². The van der Waals surface area contributed by atoms with Crippen molar-refractivity contribution in [3.05, 3.63) is 36.0 Å². The highest BCUT2D eigenvalue weighted by atomic mass is 16.5. The summed E-state index contributed by atoms with van der Waals surface area (Å²) in [6.07, 6.45) is 1.69. The number of amides is 1. The van der Waals surface area contributed by atoms with E-state index in [1.54, 1.807) is 27.2 Å². The van der Waals surface area contributed by atoms with Crippen molar-refractivity contribution < 1.29 is 14.3 Å². The molecule has 0 fully saturated rings. The maximum absolute atomic E-state index is 12.8. The molecule has 0 spiro atoms. The Labute approximate surface area is 141 Å². The molecule has 6 heteroatoms. The summed E-state index contributed by atoms with van der Waals surface area (Å²) in [7, 11) is 1.61. The zero-order chi connectivity index (χ0) is 17.7. The van der Waals surface area contributed by atoms with E-state index in [4.69, 9.17) is 4.74 Å². The molecule has 6 nitrogen and oxygen atoms in total. The highest BCUT2D eigenvalue weighted by Gasteiger charge is 2.30. The third kappa shape index (κ3) is 3.63. The van der Waals surface area contributed by atoms with Gasteiger partial charge in [0.25, 0.3) is 0 Å². The molecule has 0 aliphatic heterocycles. The second-order valence-electron chi connectivity index (χ2n) is 5.84. The fourth-order valence-electron chi connectivity index (χ4n) is 2.58. The Morgan fingerprint density at radius 3 is 2.67 bits per heavy atom. The van der Waals surface area contributed by atoms with Crippen molar-refractivity contribution in [1.82, 2.24) is 9.88 Å². The van der Waals surface area contributed by atoms with Gasteiger partial charge in [-0.3, -0.25) is 9.59 Å². The van der Waals surface area contributed by atoms with E-state index in [2.05, 4.69) is 5.32 Å². The molecule has 1 atom stereocenters. The number of nitriles is 1. The van der Waals surface area contributed by atoms with Gasteiger partial charge in [0.1, 0.15) is 0 Å². The molecular weight excluding hydrogens is 306 g/mol. The Morgan fingerprint density at radius 1 is 1.33 bits per heavy atom. The second-order valence-corrected chi connectivity index (χ2v) is 5.84. The van der Waals surface area contributed by atoms with Gasteiger partial charge in [-0.25, -0.2) is 0 Å². The van der Waals surface area contributed by atoms with Gasteiger partial charge in [0.05, 0.1) is 12.7 Å². The highest BCUT2D eigenvalue weighted by Crippen LogP contribution is 2.24. The predicted octanol–water partition coefficient (Wildman–Crippen LogP) is 2.13. The number of para-hydroxylation sites is 1. The number of ketones is 1. The van der Waals surface area contributed by atoms with Gasteiger partial charge in [-0.1, -0.05) is 18.2 Å². The Morgan fingerprint density at radius 2 is 2.04 bits per heavy atom. The van der Waals surface area contributed by atoms with E-state index < -0.39 is 17.6 Å². The molecule has 1 aromatic carbocycles. The third-order valence-corrected chi connectivity index (χ3v) is 3.67. The minimum atomic E-state index is -1.35. The molecule has 0 saturated carbocycles. The molecule has 0 aliphatic carbocycles. The molecule has 1 heterocycles. The van der Waals surface area contributed by atoms with Crippen LogP contribution in [0, 0.1) is 17.2 Å². The van der Waals surface area contributed by atoms with Gasteiger partial charge in [0.2, 0.25) is 5.91 Å². The van der Waals surface area contributed by atoms with Crippen LogP contribution in [0.4, 0.5) is 0 Å². The van der Waals surface area contributed by atoms with Gasteiger partial charge in [-0.2, -0.15) is 5.26 Å². The molecule has 0 aliphatic rings. The quantitative estimate of drug-likeness (QED) is 0.624. The van der Waals surface area contributed by atoms with Crippen LogP contribution in [0.25, 0.3) is 10.9 Å². The lowest BCUT2D eigenvalue weighted by Gasteiger charge is -2.11. The Balaban J connectivity index is 2.41. The van der Waals surface area contributed by atoms with Crippen LogP contribution in [0.15, 0.2) is 30.5 Å². The van der Waals surface area contributed by atoms with E-state index in [9.17, 15) is 14.9 Å². The number of fused-ring (bicyclic) bond motifs is 1. The smallest absolute Gasteiger partial charge is 0.245 e. The van der Waals surface area contributed by atoms with Gasteiger partial charge < -0.3 is 14.6 Å². The van der Waals surface area contributed by atoms with Crippen molar-refractivity contribution >= 4 is 22.6 Å². The van der Waals surface area contributed by atoms with Crippen LogP contribution in [0.3, 0.4) is 0 Å². The van der Waals surface area contributed by atoms with Crippen LogP contribution < -0.4 is 5.32 Å². The average molecular weight is 327 g/mol. The fraction of sp³-hybridized carbons (Fsp3) is 0.389. The van der Waals surface area contributed by atoms with Crippen LogP contribution in [-0.2, 0) is 16.1 Å². The predicted molar refractivity (Wildman–Crippen MR) is 90.5 cm³/mol. The summed E-state index contributed by atoms with van der Waals surface area (Å²) in [4.78, 5) is 24.9. The number of nitrogens with one attached hydrogen (secondary N) is 1. The van der Waals surface area contributed by atoms with Crippen LogP contribution in [-0.4, -0.2) is 36.0 Å². The lowest BCUT2D eigenvalue weighted by molar-refractivity contribution is -0.122. The molecule has 0 bridgehead atoms. The first-order valence-electron chi connectivity index (χ1n) is 7.80. The zero-order valence-corrected chi connectivity index (χ0v) is 14.1. The Hall–Kier alpha value is -2.65. The molecule has 1 aromatic heterocycles. The van der Waals surface area contributed by atoms with Crippen LogP contribution in [0.1, 0.15) is 24.2 Å². The normalized spacial score (nSPS) is 12.1. The maximum Gasteiger partial charge on any atom is 0.245 e. The Kier molecular flexibility index (Phi) is 5.72. The van der Waals surface area contributed by atoms with E-state index >= 15 is 0 Å². The molecule has 1 amide bonds. The summed E-state index contributed by atoms with van der Waals surface area (Å²) >= 11 is 0. The molecule has 0 radical (unpaired) electrons. The summed E-state index contributed by atoms with van der Waals surface area (Å²) < 4.78 is 7.00. The third-order valence-electron chi connectivity index (χ3n) is 3.67.